The molecule has 1 saturated heterocycles. The highest BCUT2D eigenvalue weighted by atomic mass is 32.2. The molecule has 5 nitrogen and oxygen atoms in total. The predicted molar refractivity (Wildman–Crippen MR) is 63.3 cm³/mol. The number of nitrogens with one attached hydrogen (secondary N) is 1. The zero-order valence-electron chi connectivity index (χ0n) is 9.60. The second-order valence-corrected chi connectivity index (χ2v) is 6.55. The quantitative estimate of drug-likeness (QED) is 0.807. The molecule has 1 aromatic heterocycles. The molecule has 1 atom stereocenters. The second-order valence-electron chi connectivity index (χ2n) is 4.32. The summed E-state index contributed by atoms with van der Waals surface area (Å²) in [6, 6.07) is 2.81. The van der Waals surface area contributed by atoms with Gasteiger partial charge >= 0.3 is 0 Å². The summed E-state index contributed by atoms with van der Waals surface area (Å²) in [4.78, 5) is 15.0. The Kier molecular flexibility index (Phi) is 3.60. The highest BCUT2D eigenvalue weighted by Gasteiger charge is 2.28. The summed E-state index contributed by atoms with van der Waals surface area (Å²) in [6.07, 6.45) is 1.80. The summed E-state index contributed by atoms with van der Waals surface area (Å²) in [6.45, 7) is 0.242. The zero-order valence-corrected chi connectivity index (χ0v) is 10.4. The minimum Gasteiger partial charge on any atom is -0.352 e. The lowest BCUT2D eigenvalue weighted by atomic mass is 10.1. The number of hydrogen-bond acceptors (Lipinski definition) is 4. The summed E-state index contributed by atoms with van der Waals surface area (Å²) in [5, 5.41) is 2.54. The molecule has 2 rings (SSSR count). The van der Waals surface area contributed by atoms with Crippen LogP contribution in [0.3, 0.4) is 0 Å². The van der Waals surface area contributed by atoms with E-state index < -0.39 is 21.7 Å². The van der Waals surface area contributed by atoms with Gasteiger partial charge in [0.15, 0.2) is 9.84 Å². The van der Waals surface area contributed by atoms with Crippen molar-refractivity contribution in [2.24, 2.45) is 5.92 Å². The third-order valence-corrected chi connectivity index (χ3v) is 4.72. The summed E-state index contributed by atoms with van der Waals surface area (Å²) in [5.41, 5.74) is -0.127. The third-order valence-electron chi connectivity index (χ3n) is 2.88. The van der Waals surface area contributed by atoms with E-state index in [9.17, 15) is 17.6 Å². The zero-order chi connectivity index (χ0) is 13.2. The Hall–Kier alpha value is -1.50. The van der Waals surface area contributed by atoms with Gasteiger partial charge in [0.25, 0.3) is 5.91 Å². The van der Waals surface area contributed by atoms with E-state index in [1.54, 1.807) is 0 Å². The van der Waals surface area contributed by atoms with E-state index in [-0.39, 0.29) is 29.5 Å². The molecule has 98 valence electrons. The molecule has 1 aromatic rings. The molecular formula is C11H13FN2O3S. The van der Waals surface area contributed by atoms with Gasteiger partial charge in [-0.15, -0.1) is 0 Å². The van der Waals surface area contributed by atoms with Crippen molar-refractivity contribution in [3.8, 4) is 0 Å². The number of nitrogens with zero attached hydrogens (tertiary/aromatic N) is 1. The highest BCUT2D eigenvalue weighted by molar-refractivity contribution is 7.91. The Balaban J connectivity index is 1.92. The van der Waals surface area contributed by atoms with Gasteiger partial charge in [0.05, 0.1) is 17.1 Å². The lowest BCUT2D eigenvalue weighted by Crippen LogP contribution is -2.30. The summed E-state index contributed by atoms with van der Waals surface area (Å²) in [5.74, 6) is -1.23. The first kappa shape index (κ1) is 12.9. The fraction of sp³-hybridized carbons (Fsp3) is 0.455. The minimum atomic E-state index is -2.95. The van der Waals surface area contributed by atoms with Crippen molar-refractivity contribution in [3.63, 3.8) is 0 Å². The van der Waals surface area contributed by atoms with Crippen LogP contribution in [0.1, 0.15) is 16.8 Å². The van der Waals surface area contributed by atoms with Gasteiger partial charge in [0, 0.05) is 12.7 Å². The number of carbonyl (C=O) groups excluding carboxylic acids is 1. The van der Waals surface area contributed by atoms with Gasteiger partial charge in [-0.2, -0.15) is 4.39 Å². The maximum absolute atomic E-state index is 13.2. The van der Waals surface area contributed by atoms with Gasteiger partial charge in [-0.25, -0.2) is 13.4 Å². The molecule has 1 aliphatic rings. The van der Waals surface area contributed by atoms with E-state index in [1.165, 1.54) is 18.3 Å². The Morgan fingerprint density at radius 1 is 1.56 bits per heavy atom. The second kappa shape index (κ2) is 5.01. The molecule has 1 aliphatic heterocycles. The average molecular weight is 272 g/mol. The van der Waals surface area contributed by atoms with E-state index in [1.807, 2.05) is 0 Å². The summed E-state index contributed by atoms with van der Waals surface area (Å²) >= 11 is 0. The average Bonchev–Trinajstić information content (AvgIpc) is 2.66. The number of carbonyl (C=O) groups is 1. The van der Waals surface area contributed by atoms with Crippen LogP contribution in [0.15, 0.2) is 18.3 Å². The van der Waals surface area contributed by atoms with E-state index in [4.69, 9.17) is 0 Å². The molecule has 1 N–H and O–H groups in total. The first-order valence-corrected chi connectivity index (χ1v) is 7.39. The van der Waals surface area contributed by atoms with Gasteiger partial charge < -0.3 is 5.32 Å². The van der Waals surface area contributed by atoms with E-state index >= 15 is 0 Å². The Morgan fingerprint density at radius 2 is 2.33 bits per heavy atom. The normalized spacial score (nSPS) is 21.7. The van der Waals surface area contributed by atoms with Crippen LogP contribution in [-0.4, -0.2) is 37.4 Å². The Labute approximate surface area is 104 Å². The van der Waals surface area contributed by atoms with Crippen molar-refractivity contribution < 1.29 is 17.6 Å². The molecule has 1 unspecified atom stereocenters. The third kappa shape index (κ3) is 3.04. The minimum absolute atomic E-state index is 0.0846. The Morgan fingerprint density at radius 3 is 2.94 bits per heavy atom. The predicted octanol–water partition coefficient (Wildman–Crippen LogP) is 0.385. The molecule has 18 heavy (non-hydrogen) atoms. The van der Waals surface area contributed by atoms with Gasteiger partial charge in [0.1, 0.15) is 0 Å². The van der Waals surface area contributed by atoms with Crippen LogP contribution in [0, 0.1) is 11.9 Å². The lowest BCUT2D eigenvalue weighted by Gasteiger charge is -2.09. The maximum Gasteiger partial charge on any atom is 0.255 e. The maximum atomic E-state index is 13.2. The smallest absolute Gasteiger partial charge is 0.255 e. The van der Waals surface area contributed by atoms with E-state index in [2.05, 4.69) is 10.3 Å². The molecule has 0 spiro atoms. The number of aromatic nitrogens is 1. The molecule has 7 heteroatoms. The van der Waals surface area contributed by atoms with Crippen molar-refractivity contribution >= 4 is 15.7 Å². The van der Waals surface area contributed by atoms with Crippen LogP contribution in [0.2, 0.25) is 0 Å². The lowest BCUT2D eigenvalue weighted by molar-refractivity contribution is 0.0943. The number of sulfone groups is 1. The van der Waals surface area contributed by atoms with Gasteiger partial charge in [-0.3, -0.25) is 4.79 Å². The molecule has 1 fully saturated rings. The van der Waals surface area contributed by atoms with Crippen molar-refractivity contribution in [2.45, 2.75) is 6.42 Å². The number of amides is 1. The molecular weight excluding hydrogens is 259 g/mol. The van der Waals surface area contributed by atoms with Gasteiger partial charge in [0.2, 0.25) is 5.95 Å². The van der Waals surface area contributed by atoms with Gasteiger partial charge in [-0.05, 0) is 24.5 Å². The number of pyridine rings is 1. The van der Waals surface area contributed by atoms with Crippen molar-refractivity contribution in [1.82, 2.24) is 10.3 Å². The molecule has 0 saturated carbocycles. The fourth-order valence-electron chi connectivity index (χ4n) is 1.92. The van der Waals surface area contributed by atoms with E-state index in [0.29, 0.717) is 6.42 Å². The van der Waals surface area contributed by atoms with Crippen molar-refractivity contribution in [1.29, 1.82) is 0 Å². The summed E-state index contributed by atoms with van der Waals surface area (Å²) < 4.78 is 35.6. The van der Waals surface area contributed by atoms with Crippen molar-refractivity contribution in [2.75, 3.05) is 18.1 Å². The first-order valence-electron chi connectivity index (χ1n) is 5.57. The van der Waals surface area contributed by atoms with Crippen LogP contribution >= 0.6 is 0 Å². The molecule has 1 amide bonds. The summed E-state index contributed by atoms with van der Waals surface area (Å²) in [7, 11) is -2.95. The topological polar surface area (TPSA) is 76.1 Å². The highest BCUT2D eigenvalue weighted by Crippen LogP contribution is 2.17. The van der Waals surface area contributed by atoms with Crippen LogP contribution in [0.4, 0.5) is 4.39 Å². The SMILES string of the molecule is O=C(NCC1CCS(=O)(=O)C1)c1cccnc1F. The fourth-order valence-corrected chi connectivity index (χ4v) is 3.78. The van der Waals surface area contributed by atoms with Crippen LogP contribution in [0.5, 0.6) is 0 Å². The number of rotatable bonds is 3. The Bertz CT molecular complexity index is 559. The monoisotopic (exact) mass is 272 g/mol. The van der Waals surface area contributed by atoms with Crippen LogP contribution in [0.25, 0.3) is 0 Å². The van der Waals surface area contributed by atoms with Gasteiger partial charge in [-0.1, -0.05) is 0 Å². The molecule has 0 radical (unpaired) electrons. The number of hydrogen-bond donors (Lipinski definition) is 1. The number of halogens is 1. The molecule has 0 bridgehead atoms. The van der Waals surface area contributed by atoms with Crippen molar-refractivity contribution in [3.05, 3.63) is 29.8 Å². The van der Waals surface area contributed by atoms with E-state index in [0.717, 1.165) is 0 Å². The largest absolute Gasteiger partial charge is 0.352 e. The molecule has 2 heterocycles. The molecule has 0 aromatic carbocycles. The molecule has 0 aliphatic carbocycles. The first-order chi connectivity index (χ1) is 8.48. The van der Waals surface area contributed by atoms with Crippen LogP contribution in [-0.2, 0) is 9.84 Å². The standard InChI is InChI=1S/C11H13FN2O3S/c12-10-9(2-1-4-13-10)11(15)14-6-8-3-5-18(16,17)7-8/h1-2,4,8H,3,5-7H2,(H,14,15). The van der Waals surface area contributed by atoms with Crippen LogP contribution < -0.4 is 5.32 Å².